The number of benzene rings is 1. The molecule has 118 valence electrons. The van der Waals surface area contributed by atoms with Gasteiger partial charge in [0.25, 0.3) is 0 Å². The number of aromatic hydroxyl groups is 2. The van der Waals surface area contributed by atoms with Crippen LogP contribution in [-0.2, 0) is 4.74 Å². The number of aliphatic hydroxyl groups is 3. The Morgan fingerprint density at radius 3 is 2.38 bits per heavy atom. The second-order valence-electron chi connectivity index (χ2n) is 5.17. The molecule has 1 aromatic rings. The van der Waals surface area contributed by atoms with E-state index in [1.165, 1.54) is 12.1 Å². The number of hydrogen-bond acceptors (Lipinski definition) is 7. The topological polar surface area (TPSA) is 120 Å². The quantitative estimate of drug-likeness (QED) is 0.498. The van der Waals surface area contributed by atoms with E-state index in [-0.39, 0.29) is 11.5 Å². The molecule has 0 unspecified atom stereocenters. The van der Waals surface area contributed by atoms with Crippen LogP contribution in [0.3, 0.4) is 0 Å². The van der Waals surface area contributed by atoms with E-state index in [0.29, 0.717) is 12.0 Å². The molecule has 1 heterocycles. The Kier molecular flexibility index (Phi) is 4.58. The van der Waals surface area contributed by atoms with Crippen molar-refractivity contribution in [2.24, 2.45) is 0 Å². The first-order valence-corrected chi connectivity index (χ1v) is 6.74. The summed E-state index contributed by atoms with van der Waals surface area (Å²) in [6.45, 7) is 3.45. The van der Waals surface area contributed by atoms with Crippen molar-refractivity contribution in [1.82, 2.24) is 0 Å². The number of aliphatic hydroxyl groups excluding tert-OH is 3. The summed E-state index contributed by atoms with van der Waals surface area (Å²) in [5.41, 5.74) is 0.637. The van der Waals surface area contributed by atoms with Crippen LogP contribution in [0.15, 0.2) is 12.1 Å². The van der Waals surface area contributed by atoms with Gasteiger partial charge >= 0.3 is 0 Å². The Hall–Kier alpha value is -1.54. The van der Waals surface area contributed by atoms with Gasteiger partial charge in [0.1, 0.15) is 18.3 Å². The molecule has 1 saturated heterocycles. The average Bonchev–Trinajstić information content (AvgIpc) is 2.44. The minimum atomic E-state index is -1.48. The molecule has 7 nitrogen and oxygen atoms in total. The first kappa shape index (κ1) is 15.8. The molecule has 1 aromatic carbocycles. The molecule has 0 bridgehead atoms. The standard InChI is InChI=1S/C14H20O7/c1-3-8-11(17)12(18)13(19)14(20-8)21-9-5-6(2)4-7(15)10(9)16/h4-5,8,11-19H,3H2,1-2H3/t8-,11-,12+,13-,14+/m1/s1. The smallest absolute Gasteiger partial charge is 0.229 e. The molecule has 5 N–H and O–H groups in total. The van der Waals surface area contributed by atoms with Gasteiger partial charge in [0.15, 0.2) is 11.5 Å². The predicted octanol–water partition coefficient (Wildman–Crippen LogP) is 0.00262. The molecule has 5 atom stereocenters. The van der Waals surface area contributed by atoms with Crippen LogP contribution in [0.2, 0.25) is 0 Å². The Balaban J connectivity index is 2.22. The molecule has 0 spiro atoms. The molecule has 1 aliphatic rings. The molecule has 1 fully saturated rings. The summed E-state index contributed by atoms with van der Waals surface area (Å²) in [5, 5.41) is 48.8. The zero-order valence-electron chi connectivity index (χ0n) is 11.8. The lowest BCUT2D eigenvalue weighted by Crippen LogP contribution is -2.58. The first-order valence-electron chi connectivity index (χ1n) is 6.74. The predicted molar refractivity (Wildman–Crippen MR) is 72.1 cm³/mol. The van der Waals surface area contributed by atoms with Crippen LogP contribution >= 0.6 is 0 Å². The van der Waals surface area contributed by atoms with E-state index in [9.17, 15) is 25.5 Å². The fourth-order valence-electron chi connectivity index (χ4n) is 2.29. The number of phenols is 2. The molecule has 0 aromatic heterocycles. The van der Waals surface area contributed by atoms with Gasteiger partial charge in [-0.2, -0.15) is 0 Å². The third kappa shape index (κ3) is 3.06. The van der Waals surface area contributed by atoms with Gasteiger partial charge in [-0.15, -0.1) is 0 Å². The molecule has 0 saturated carbocycles. The molecule has 0 amide bonds. The summed E-state index contributed by atoms with van der Waals surface area (Å²) in [5.74, 6) is -0.914. The number of aryl methyl sites for hydroxylation is 1. The average molecular weight is 300 g/mol. The molecule has 0 aliphatic carbocycles. The van der Waals surface area contributed by atoms with E-state index >= 15 is 0 Å². The second-order valence-corrected chi connectivity index (χ2v) is 5.17. The van der Waals surface area contributed by atoms with Crippen molar-refractivity contribution < 1.29 is 35.0 Å². The van der Waals surface area contributed by atoms with E-state index in [1.54, 1.807) is 13.8 Å². The summed E-state index contributed by atoms with van der Waals surface area (Å²) >= 11 is 0. The first-order chi connectivity index (χ1) is 9.85. The van der Waals surface area contributed by atoms with Gasteiger partial charge in [0.05, 0.1) is 6.10 Å². The highest BCUT2D eigenvalue weighted by Gasteiger charge is 2.44. The maximum Gasteiger partial charge on any atom is 0.229 e. The van der Waals surface area contributed by atoms with Crippen LogP contribution in [0.1, 0.15) is 18.9 Å². The number of hydrogen-bond donors (Lipinski definition) is 5. The molecular formula is C14H20O7. The third-order valence-electron chi connectivity index (χ3n) is 3.51. The molecular weight excluding hydrogens is 280 g/mol. The van der Waals surface area contributed by atoms with Gasteiger partial charge in [0.2, 0.25) is 12.0 Å². The SMILES string of the molecule is CC[C@H]1O[C@@H](Oc2cc(C)cc(O)c2O)[C@H](O)[C@@H](O)[C@@H]1O. The summed E-state index contributed by atoms with van der Waals surface area (Å²) in [6, 6.07) is 2.82. The lowest BCUT2D eigenvalue weighted by atomic mass is 9.97. The van der Waals surface area contributed by atoms with Crippen LogP contribution in [0.5, 0.6) is 17.2 Å². The number of rotatable bonds is 3. The van der Waals surface area contributed by atoms with Gasteiger partial charge < -0.3 is 35.0 Å². The van der Waals surface area contributed by atoms with E-state index < -0.39 is 36.5 Å². The van der Waals surface area contributed by atoms with Crippen LogP contribution in [-0.4, -0.2) is 56.2 Å². The molecule has 2 rings (SSSR count). The minimum absolute atomic E-state index is 0.0741. The van der Waals surface area contributed by atoms with E-state index in [1.807, 2.05) is 0 Å². The Bertz CT molecular complexity index is 502. The minimum Gasteiger partial charge on any atom is -0.504 e. The van der Waals surface area contributed by atoms with Crippen molar-refractivity contribution in [3.05, 3.63) is 17.7 Å². The summed E-state index contributed by atoms with van der Waals surface area (Å²) < 4.78 is 10.8. The normalized spacial score (nSPS) is 32.9. The molecule has 1 aliphatic heterocycles. The van der Waals surface area contributed by atoms with Gasteiger partial charge in [-0.1, -0.05) is 6.92 Å². The highest BCUT2D eigenvalue weighted by molar-refractivity contribution is 5.51. The van der Waals surface area contributed by atoms with Crippen molar-refractivity contribution in [2.75, 3.05) is 0 Å². The zero-order chi connectivity index (χ0) is 15.7. The Morgan fingerprint density at radius 2 is 1.76 bits per heavy atom. The summed E-state index contributed by atoms with van der Waals surface area (Å²) in [7, 11) is 0. The highest BCUT2D eigenvalue weighted by Crippen LogP contribution is 2.38. The lowest BCUT2D eigenvalue weighted by Gasteiger charge is -2.40. The molecule has 0 radical (unpaired) electrons. The maximum absolute atomic E-state index is 9.91. The molecule has 7 heteroatoms. The third-order valence-corrected chi connectivity index (χ3v) is 3.51. The Morgan fingerprint density at radius 1 is 1.10 bits per heavy atom. The van der Waals surface area contributed by atoms with Crippen molar-refractivity contribution in [2.45, 2.75) is 51.0 Å². The second kappa shape index (κ2) is 6.07. The fraction of sp³-hybridized carbons (Fsp3) is 0.571. The Labute approximate surface area is 122 Å². The van der Waals surface area contributed by atoms with Gasteiger partial charge in [0, 0.05) is 0 Å². The lowest BCUT2D eigenvalue weighted by molar-refractivity contribution is -0.272. The number of ether oxygens (including phenoxy) is 2. The van der Waals surface area contributed by atoms with Gasteiger partial charge in [-0.05, 0) is 31.0 Å². The van der Waals surface area contributed by atoms with Crippen molar-refractivity contribution in [3.8, 4) is 17.2 Å². The van der Waals surface area contributed by atoms with Crippen molar-refractivity contribution >= 4 is 0 Å². The van der Waals surface area contributed by atoms with E-state index in [0.717, 1.165) is 0 Å². The largest absolute Gasteiger partial charge is 0.504 e. The highest BCUT2D eigenvalue weighted by atomic mass is 16.7. The maximum atomic E-state index is 9.91. The van der Waals surface area contributed by atoms with Crippen LogP contribution in [0.4, 0.5) is 0 Å². The van der Waals surface area contributed by atoms with Crippen LogP contribution in [0.25, 0.3) is 0 Å². The zero-order valence-corrected chi connectivity index (χ0v) is 11.8. The monoisotopic (exact) mass is 300 g/mol. The van der Waals surface area contributed by atoms with Crippen molar-refractivity contribution in [1.29, 1.82) is 0 Å². The number of phenolic OH excluding ortho intramolecular Hbond substituents is 2. The fourth-order valence-corrected chi connectivity index (χ4v) is 2.29. The van der Waals surface area contributed by atoms with Crippen molar-refractivity contribution in [3.63, 3.8) is 0 Å². The van der Waals surface area contributed by atoms with Gasteiger partial charge in [-0.25, -0.2) is 0 Å². The van der Waals surface area contributed by atoms with Gasteiger partial charge in [-0.3, -0.25) is 0 Å². The van der Waals surface area contributed by atoms with E-state index in [4.69, 9.17) is 9.47 Å². The van der Waals surface area contributed by atoms with Crippen LogP contribution in [0, 0.1) is 6.92 Å². The molecule has 21 heavy (non-hydrogen) atoms. The van der Waals surface area contributed by atoms with E-state index in [2.05, 4.69) is 0 Å². The van der Waals surface area contributed by atoms with Crippen LogP contribution < -0.4 is 4.74 Å². The summed E-state index contributed by atoms with van der Waals surface area (Å²) in [6.07, 6.45) is -5.67. The summed E-state index contributed by atoms with van der Waals surface area (Å²) in [4.78, 5) is 0.